The zero-order chi connectivity index (χ0) is 18.6. The summed E-state index contributed by atoms with van der Waals surface area (Å²) >= 11 is 0. The monoisotopic (exact) mass is 372 g/mol. The molecule has 1 aliphatic heterocycles. The molecule has 2 heterocycles. The lowest BCUT2D eigenvalue weighted by Gasteiger charge is -2.29. The van der Waals surface area contributed by atoms with E-state index in [1.54, 1.807) is 17.3 Å². The molecule has 1 unspecified atom stereocenters. The fourth-order valence-electron chi connectivity index (χ4n) is 3.47. The average Bonchev–Trinajstić information content (AvgIpc) is 3.00. The van der Waals surface area contributed by atoms with Gasteiger partial charge in [-0.15, -0.1) is 0 Å². The van der Waals surface area contributed by atoms with Gasteiger partial charge in [-0.3, -0.25) is 9.78 Å². The lowest BCUT2D eigenvalue weighted by atomic mass is 10.0. The summed E-state index contributed by atoms with van der Waals surface area (Å²) in [5, 5.41) is 0. The molecule has 6 heteroatoms. The SMILES string of the molecule is CCc1ccccc1CC(=O)N(Cc1cccnc1)C1CCS(=O)(=O)C1. The molecule has 1 aliphatic rings. The maximum Gasteiger partial charge on any atom is 0.227 e. The minimum atomic E-state index is -3.06. The molecular formula is C20H24N2O3S. The number of nitrogens with zero attached hydrogens (tertiary/aromatic N) is 2. The summed E-state index contributed by atoms with van der Waals surface area (Å²) in [6.45, 7) is 2.46. The van der Waals surface area contributed by atoms with Crippen molar-refractivity contribution in [2.75, 3.05) is 11.5 Å². The number of carbonyl (C=O) groups excluding carboxylic acids is 1. The highest BCUT2D eigenvalue weighted by Crippen LogP contribution is 2.22. The second-order valence-electron chi connectivity index (χ2n) is 6.74. The molecule has 26 heavy (non-hydrogen) atoms. The molecule has 5 nitrogen and oxygen atoms in total. The van der Waals surface area contributed by atoms with Crippen LogP contribution in [0.3, 0.4) is 0 Å². The fraction of sp³-hybridized carbons (Fsp3) is 0.400. The molecule has 1 amide bonds. The highest BCUT2D eigenvalue weighted by molar-refractivity contribution is 7.91. The molecule has 0 radical (unpaired) electrons. The third-order valence-electron chi connectivity index (χ3n) is 4.89. The first-order valence-corrected chi connectivity index (χ1v) is 10.8. The second-order valence-corrected chi connectivity index (χ2v) is 8.97. The highest BCUT2D eigenvalue weighted by Gasteiger charge is 2.34. The van der Waals surface area contributed by atoms with Gasteiger partial charge in [0.1, 0.15) is 0 Å². The smallest absolute Gasteiger partial charge is 0.227 e. The Labute approximate surface area is 155 Å². The number of amides is 1. The average molecular weight is 372 g/mol. The van der Waals surface area contributed by atoms with Crippen molar-refractivity contribution >= 4 is 15.7 Å². The van der Waals surface area contributed by atoms with Crippen LogP contribution >= 0.6 is 0 Å². The summed E-state index contributed by atoms with van der Waals surface area (Å²) in [6, 6.07) is 11.4. The lowest BCUT2D eigenvalue weighted by Crippen LogP contribution is -2.41. The zero-order valence-corrected chi connectivity index (χ0v) is 15.8. The van der Waals surface area contributed by atoms with Crippen molar-refractivity contribution in [2.45, 2.75) is 38.8 Å². The molecule has 0 bridgehead atoms. The minimum Gasteiger partial charge on any atom is -0.334 e. The van der Waals surface area contributed by atoms with Crippen LogP contribution < -0.4 is 0 Å². The van der Waals surface area contributed by atoms with Crippen molar-refractivity contribution in [3.8, 4) is 0 Å². The van der Waals surface area contributed by atoms with E-state index in [1.807, 2.05) is 36.4 Å². The van der Waals surface area contributed by atoms with E-state index < -0.39 is 9.84 Å². The lowest BCUT2D eigenvalue weighted by molar-refractivity contribution is -0.133. The Morgan fingerprint density at radius 3 is 2.58 bits per heavy atom. The van der Waals surface area contributed by atoms with E-state index in [-0.39, 0.29) is 23.5 Å². The molecule has 1 saturated heterocycles. The Balaban J connectivity index is 1.83. The first kappa shape index (κ1) is 18.6. The Morgan fingerprint density at radius 1 is 1.19 bits per heavy atom. The number of aryl methyl sites for hydroxylation is 1. The molecule has 0 aliphatic carbocycles. The largest absolute Gasteiger partial charge is 0.334 e. The van der Waals surface area contributed by atoms with E-state index in [0.717, 1.165) is 23.1 Å². The number of sulfone groups is 1. The van der Waals surface area contributed by atoms with Crippen molar-refractivity contribution in [3.63, 3.8) is 0 Å². The van der Waals surface area contributed by atoms with Gasteiger partial charge in [-0.25, -0.2) is 8.42 Å². The van der Waals surface area contributed by atoms with E-state index in [1.165, 1.54) is 0 Å². The van der Waals surface area contributed by atoms with Crippen molar-refractivity contribution in [3.05, 3.63) is 65.5 Å². The van der Waals surface area contributed by atoms with Gasteiger partial charge in [0.15, 0.2) is 9.84 Å². The molecule has 1 atom stereocenters. The number of carbonyl (C=O) groups is 1. The molecule has 138 valence electrons. The van der Waals surface area contributed by atoms with Crippen molar-refractivity contribution < 1.29 is 13.2 Å². The van der Waals surface area contributed by atoms with Gasteiger partial charge in [-0.2, -0.15) is 0 Å². The molecule has 0 spiro atoms. The first-order chi connectivity index (χ1) is 12.5. The summed E-state index contributed by atoms with van der Waals surface area (Å²) in [7, 11) is -3.06. The molecule has 2 aromatic rings. The van der Waals surface area contributed by atoms with Crippen molar-refractivity contribution in [1.29, 1.82) is 0 Å². The minimum absolute atomic E-state index is 0.0307. The number of rotatable bonds is 6. The molecule has 1 fully saturated rings. The van der Waals surface area contributed by atoms with Crippen LogP contribution in [-0.2, 0) is 34.0 Å². The van der Waals surface area contributed by atoms with E-state index >= 15 is 0 Å². The van der Waals surface area contributed by atoms with Crippen LogP contribution in [0.15, 0.2) is 48.8 Å². The maximum absolute atomic E-state index is 13.1. The molecular weight excluding hydrogens is 348 g/mol. The Hall–Kier alpha value is -2.21. The third kappa shape index (κ3) is 4.49. The van der Waals surface area contributed by atoms with Crippen LogP contribution in [-0.4, -0.2) is 41.8 Å². The quantitative estimate of drug-likeness (QED) is 0.781. The highest BCUT2D eigenvalue weighted by atomic mass is 32.2. The number of hydrogen-bond acceptors (Lipinski definition) is 4. The predicted molar refractivity (Wildman–Crippen MR) is 101 cm³/mol. The van der Waals surface area contributed by atoms with Crippen molar-refractivity contribution in [2.24, 2.45) is 0 Å². The Bertz CT molecular complexity index is 866. The summed E-state index contributed by atoms with van der Waals surface area (Å²) in [5.41, 5.74) is 3.08. The summed E-state index contributed by atoms with van der Waals surface area (Å²) in [5.74, 6) is 0.172. The van der Waals surface area contributed by atoms with Gasteiger partial charge in [0, 0.05) is 25.0 Å². The van der Waals surface area contributed by atoms with E-state index in [9.17, 15) is 13.2 Å². The van der Waals surface area contributed by atoms with Gasteiger partial charge in [-0.05, 0) is 35.6 Å². The zero-order valence-electron chi connectivity index (χ0n) is 15.0. The summed E-state index contributed by atoms with van der Waals surface area (Å²) < 4.78 is 23.9. The molecule has 1 aromatic carbocycles. The molecule has 3 rings (SSSR count). The van der Waals surface area contributed by atoms with Gasteiger partial charge in [-0.1, -0.05) is 37.3 Å². The molecule has 1 aromatic heterocycles. The van der Waals surface area contributed by atoms with Crippen LogP contribution in [0.4, 0.5) is 0 Å². The fourth-order valence-corrected chi connectivity index (χ4v) is 5.20. The third-order valence-corrected chi connectivity index (χ3v) is 6.64. The van der Waals surface area contributed by atoms with Crippen LogP contribution in [0, 0.1) is 0 Å². The van der Waals surface area contributed by atoms with Gasteiger partial charge in [0.25, 0.3) is 0 Å². The standard InChI is InChI=1S/C20H24N2O3S/c1-2-17-7-3-4-8-18(17)12-20(23)22(14-16-6-5-10-21-13-16)19-9-11-26(24,25)15-19/h3-8,10,13,19H,2,9,11-12,14-15H2,1H3. The van der Waals surface area contributed by atoms with Crippen LogP contribution in [0.25, 0.3) is 0 Å². The van der Waals surface area contributed by atoms with E-state index in [2.05, 4.69) is 11.9 Å². The number of pyridine rings is 1. The van der Waals surface area contributed by atoms with Crippen LogP contribution in [0.1, 0.15) is 30.0 Å². The van der Waals surface area contributed by atoms with Gasteiger partial charge < -0.3 is 4.90 Å². The summed E-state index contributed by atoms with van der Waals surface area (Å²) in [6.07, 6.45) is 5.07. The van der Waals surface area contributed by atoms with Gasteiger partial charge >= 0.3 is 0 Å². The number of aromatic nitrogens is 1. The topological polar surface area (TPSA) is 67.3 Å². The van der Waals surface area contributed by atoms with Gasteiger partial charge in [0.2, 0.25) is 5.91 Å². The Morgan fingerprint density at radius 2 is 1.96 bits per heavy atom. The first-order valence-electron chi connectivity index (χ1n) is 8.94. The normalized spacial score (nSPS) is 18.6. The van der Waals surface area contributed by atoms with Crippen LogP contribution in [0.2, 0.25) is 0 Å². The van der Waals surface area contributed by atoms with Crippen molar-refractivity contribution in [1.82, 2.24) is 9.88 Å². The van der Waals surface area contributed by atoms with E-state index in [0.29, 0.717) is 19.4 Å². The van der Waals surface area contributed by atoms with Crippen LogP contribution in [0.5, 0.6) is 0 Å². The number of benzene rings is 1. The van der Waals surface area contributed by atoms with Gasteiger partial charge in [0.05, 0.1) is 17.9 Å². The molecule has 0 saturated carbocycles. The number of hydrogen-bond donors (Lipinski definition) is 0. The predicted octanol–water partition coefficient (Wildman–Crippen LogP) is 2.40. The molecule has 0 N–H and O–H groups in total. The summed E-state index contributed by atoms with van der Waals surface area (Å²) in [4.78, 5) is 18.9. The maximum atomic E-state index is 13.1. The van der Waals surface area contributed by atoms with E-state index in [4.69, 9.17) is 0 Å². The second kappa shape index (κ2) is 7.99. The Kier molecular flexibility index (Phi) is 5.71.